The van der Waals surface area contributed by atoms with Crippen molar-refractivity contribution in [3.8, 4) is 11.5 Å². The fourth-order valence-corrected chi connectivity index (χ4v) is 3.53. The van der Waals surface area contributed by atoms with E-state index < -0.39 is 0 Å². The number of rotatable bonds is 3. The van der Waals surface area contributed by atoms with Gasteiger partial charge in [0, 0.05) is 12.1 Å². The van der Waals surface area contributed by atoms with Gasteiger partial charge in [-0.1, -0.05) is 18.2 Å². The fourth-order valence-electron chi connectivity index (χ4n) is 3.53. The van der Waals surface area contributed by atoms with E-state index in [0.29, 0.717) is 37.1 Å². The average molecular weight is 342 g/mol. The van der Waals surface area contributed by atoms with E-state index in [1.807, 2.05) is 35.2 Å². The Kier molecular flexibility index (Phi) is 4.55. The molecule has 1 aromatic carbocycles. The molecule has 4 rings (SSSR count). The zero-order valence-corrected chi connectivity index (χ0v) is 14.3. The van der Waals surface area contributed by atoms with Crippen molar-refractivity contribution in [2.24, 2.45) is 0 Å². The number of hydrogen-bond acceptors (Lipinski definition) is 5. The Hall–Kier alpha value is -2.18. The number of hydrogen-bond donors (Lipinski definition) is 0. The van der Waals surface area contributed by atoms with Gasteiger partial charge in [-0.2, -0.15) is 0 Å². The predicted molar refractivity (Wildman–Crippen MR) is 91.0 cm³/mol. The van der Waals surface area contributed by atoms with Gasteiger partial charge in [-0.05, 0) is 38.3 Å². The number of carbonyl (C=O) groups excluding carboxylic acids is 1. The minimum Gasteiger partial charge on any atom is -0.441 e. The van der Waals surface area contributed by atoms with Crippen molar-refractivity contribution in [2.75, 3.05) is 19.8 Å². The third-order valence-electron chi connectivity index (χ3n) is 4.79. The Morgan fingerprint density at radius 1 is 1.16 bits per heavy atom. The first-order valence-corrected chi connectivity index (χ1v) is 8.81. The van der Waals surface area contributed by atoms with Gasteiger partial charge in [0.1, 0.15) is 5.76 Å². The SMILES string of the molecule is Cc1oc(-c2ccccc2)nc1C(=O)N1CCCCC1C1OCCO1. The summed E-state index contributed by atoms with van der Waals surface area (Å²) in [5, 5.41) is 0. The number of oxazole rings is 1. The van der Waals surface area contributed by atoms with Gasteiger partial charge in [0.15, 0.2) is 12.0 Å². The first-order valence-electron chi connectivity index (χ1n) is 8.81. The van der Waals surface area contributed by atoms with Gasteiger partial charge in [0.2, 0.25) is 5.89 Å². The van der Waals surface area contributed by atoms with Gasteiger partial charge in [0.05, 0.1) is 19.3 Å². The lowest BCUT2D eigenvalue weighted by Crippen LogP contribution is -2.50. The maximum absolute atomic E-state index is 13.1. The largest absolute Gasteiger partial charge is 0.441 e. The number of aryl methyl sites for hydroxylation is 1. The molecule has 3 heterocycles. The maximum Gasteiger partial charge on any atom is 0.276 e. The fraction of sp³-hybridized carbons (Fsp3) is 0.474. The lowest BCUT2D eigenvalue weighted by atomic mass is 10.0. The number of benzene rings is 1. The quantitative estimate of drug-likeness (QED) is 0.858. The summed E-state index contributed by atoms with van der Waals surface area (Å²) in [6.45, 7) is 3.66. The van der Waals surface area contributed by atoms with Crippen molar-refractivity contribution in [1.29, 1.82) is 0 Å². The summed E-state index contributed by atoms with van der Waals surface area (Å²) in [7, 11) is 0. The summed E-state index contributed by atoms with van der Waals surface area (Å²) < 4.78 is 17.1. The van der Waals surface area contributed by atoms with Crippen LogP contribution in [0.25, 0.3) is 11.5 Å². The Morgan fingerprint density at radius 2 is 1.92 bits per heavy atom. The van der Waals surface area contributed by atoms with Gasteiger partial charge in [-0.25, -0.2) is 4.98 Å². The summed E-state index contributed by atoms with van der Waals surface area (Å²) in [5.74, 6) is 0.914. The lowest BCUT2D eigenvalue weighted by molar-refractivity contribution is -0.100. The van der Waals surface area contributed by atoms with E-state index >= 15 is 0 Å². The van der Waals surface area contributed by atoms with Crippen LogP contribution < -0.4 is 0 Å². The van der Waals surface area contributed by atoms with Crippen LogP contribution in [0, 0.1) is 6.92 Å². The molecular weight excluding hydrogens is 320 g/mol. The lowest BCUT2D eigenvalue weighted by Gasteiger charge is -2.37. The Labute approximate surface area is 146 Å². The highest BCUT2D eigenvalue weighted by Crippen LogP contribution is 2.28. The number of amides is 1. The van der Waals surface area contributed by atoms with E-state index in [2.05, 4.69) is 4.98 Å². The zero-order valence-electron chi connectivity index (χ0n) is 14.3. The molecule has 2 aromatic rings. The molecule has 1 amide bonds. The molecule has 0 saturated carbocycles. The van der Waals surface area contributed by atoms with E-state index in [4.69, 9.17) is 13.9 Å². The number of piperidine rings is 1. The zero-order chi connectivity index (χ0) is 17.2. The molecule has 2 aliphatic heterocycles. The number of aromatic nitrogens is 1. The minimum atomic E-state index is -0.329. The second-order valence-electron chi connectivity index (χ2n) is 6.46. The van der Waals surface area contributed by atoms with Crippen LogP contribution in [0.1, 0.15) is 35.5 Å². The molecule has 6 nitrogen and oxygen atoms in total. The van der Waals surface area contributed by atoms with Gasteiger partial charge in [0.25, 0.3) is 5.91 Å². The first kappa shape index (κ1) is 16.3. The first-order chi connectivity index (χ1) is 12.2. The molecule has 0 radical (unpaired) electrons. The summed E-state index contributed by atoms with van der Waals surface area (Å²) >= 11 is 0. The van der Waals surface area contributed by atoms with Crippen molar-refractivity contribution < 1.29 is 18.7 Å². The third-order valence-corrected chi connectivity index (χ3v) is 4.79. The molecular formula is C19H22N2O4. The van der Waals surface area contributed by atoms with Gasteiger partial charge in [-0.3, -0.25) is 4.79 Å². The number of nitrogens with zero attached hydrogens (tertiary/aromatic N) is 2. The van der Waals surface area contributed by atoms with E-state index in [9.17, 15) is 4.79 Å². The topological polar surface area (TPSA) is 64.8 Å². The third kappa shape index (κ3) is 3.19. The van der Waals surface area contributed by atoms with Crippen LogP contribution in [0.3, 0.4) is 0 Å². The van der Waals surface area contributed by atoms with Gasteiger partial charge < -0.3 is 18.8 Å². The van der Waals surface area contributed by atoms with Crippen LogP contribution in [0.4, 0.5) is 0 Å². The number of likely N-dealkylation sites (tertiary alicyclic amines) is 1. The summed E-state index contributed by atoms with van der Waals surface area (Å²) in [5.41, 5.74) is 1.24. The molecule has 2 fully saturated rings. The molecule has 25 heavy (non-hydrogen) atoms. The molecule has 1 aromatic heterocycles. The van der Waals surface area contributed by atoms with Gasteiger partial charge >= 0.3 is 0 Å². The van der Waals surface area contributed by atoms with Crippen molar-refractivity contribution >= 4 is 5.91 Å². The molecule has 2 saturated heterocycles. The minimum absolute atomic E-state index is 0.0555. The Balaban J connectivity index is 1.60. The molecule has 6 heteroatoms. The number of ether oxygens (including phenoxy) is 2. The van der Waals surface area contributed by atoms with Crippen LogP contribution in [0.5, 0.6) is 0 Å². The van der Waals surface area contributed by atoms with Crippen molar-refractivity contribution in [3.05, 3.63) is 41.8 Å². The second kappa shape index (κ2) is 6.98. The van der Waals surface area contributed by atoms with Crippen LogP contribution in [0.15, 0.2) is 34.7 Å². The van der Waals surface area contributed by atoms with Crippen LogP contribution in [-0.4, -0.2) is 47.9 Å². The average Bonchev–Trinajstić information content (AvgIpc) is 3.32. The van der Waals surface area contributed by atoms with E-state index in [1.165, 1.54) is 0 Å². The van der Waals surface area contributed by atoms with Crippen LogP contribution >= 0.6 is 0 Å². The normalized spacial score (nSPS) is 21.6. The van der Waals surface area contributed by atoms with Gasteiger partial charge in [-0.15, -0.1) is 0 Å². The molecule has 0 bridgehead atoms. The molecule has 0 spiro atoms. The summed E-state index contributed by atoms with van der Waals surface area (Å²) in [6.07, 6.45) is 2.62. The monoisotopic (exact) mass is 342 g/mol. The highest BCUT2D eigenvalue weighted by atomic mass is 16.7. The Bertz CT molecular complexity index is 737. The maximum atomic E-state index is 13.1. The predicted octanol–water partition coefficient (Wildman–Crippen LogP) is 3.02. The molecule has 0 N–H and O–H groups in total. The van der Waals surface area contributed by atoms with Crippen molar-refractivity contribution in [2.45, 2.75) is 38.5 Å². The van der Waals surface area contributed by atoms with Crippen LogP contribution in [-0.2, 0) is 9.47 Å². The number of carbonyl (C=O) groups is 1. The molecule has 0 aliphatic carbocycles. The van der Waals surface area contributed by atoms with E-state index in [1.54, 1.807) is 6.92 Å². The molecule has 1 unspecified atom stereocenters. The van der Waals surface area contributed by atoms with Crippen molar-refractivity contribution in [1.82, 2.24) is 9.88 Å². The molecule has 132 valence electrons. The highest BCUT2D eigenvalue weighted by molar-refractivity contribution is 5.94. The molecule has 2 aliphatic rings. The van der Waals surface area contributed by atoms with Crippen molar-refractivity contribution in [3.63, 3.8) is 0 Å². The van der Waals surface area contributed by atoms with E-state index in [0.717, 1.165) is 24.8 Å². The van der Waals surface area contributed by atoms with Crippen LogP contribution in [0.2, 0.25) is 0 Å². The summed E-state index contributed by atoms with van der Waals surface area (Å²) in [4.78, 5) is 19.4. The van der Waals surface area contributed by atoms with E-state index in [-0.39, 0.29) is 18.2 Å². The Morgan fingerprint density at radius 3 is 2.68 bits per heavy atom. The standard InChI is InChI=1S/C19H22N2O4/c1-13-16(20-17(25-13)14-7-3-2-4-8-14)18(22)21-10-6-5-9-15(21)19-23-11-12-24-19/h2-4,7-8,15,19H,5-6,9-12H2,1H3. The molecule has 1 atom stereocenters. The second-order valence-corrected chi connectivity index (χ2v) is 6.46. The smallest absolute Gasteiger partial charge is 0.276 e. The summed E-state index contributed by atoms with van der Waals surface area (Å²) in [6, 6.07) is 9.57. The highest BCUT2D eigenvalue weighted by Gasteiger charge is 2.38.